The van der Waals surface area contributed by atoms with Gasteiger partial charge in [-0.3, -0.25) is 4.90 Å². The smallest absolute Gasteiger partial charge is 0.0584 e. The quantitative estimate of drug-likeness (QED) is 0.713. The minimum Gasteiger partial charge on any atom is -0.395 e. The van der Waals surface area contributed by atoms with Crippen LogP contribution < -0.4 is 5.32 Å². The zero-order valence-corrected chi connectivity index (χ0v) is 9.95. The molecular weight excluding hydrogens is 188 g/mol. The van der Waals surface area contributed by atoms with E-state index in [1.165, 1.54) is 25.8 Å². The zero-order chi connectivity index (χ0) is 10.8. The van der Waals surface area contributed by atoms with Gasteiger partial charge in [0, 0.05) is 30.7 Å². The normalized spacial score (nSPS) is 34.6. The summed E-state index contributed by atoms with van der Waals surface area (Å²) in [6, 6.07) is 2.49. The van der Waals surface area contributed by atoms with Gasteiger partial charge in [0.25, 0.3) is 0 Å². The topological polar surface area (TPSA) is 35.5 Å². The van der Waals surface area contributed by atoms with Gasteiger partial charge >= 0.3 is 0 Å². The molecule has 15 heavy (non-hydrogen) atoms. The van der Waals surface area contributed by atoms with Crippen molar-refractivity contribution in [3.63, 3.8) is 0 Å². The first kappa shape index (κ1) is 11.4. The van der Waals surface area contributed by atoms with Crippen molar-refractivity contribution < 1.29 is 5.11 Å². The molecule has 0 aromatic rings. The predicted octanol–water partition coefficient (Wildman–Crippen LogP) is 0.972. The number of hydrogen-bond donors (Lipinski definition) is 2. The van der Waals surface area contributed by atoms with Crippen LogP contribution >= 0.6 is 0 Å². The maximum absolute atomic E-state index is 9.16. The zero-order valence-electron chi connectivity index (χ0n) is 9.95. The fourth-order valence-corrected chi connectivity index (χ4v) is 2.72. The van der Waals surface area contributed by atoms with Crippen LogP contribution in [-0.4, -0.2) is 47.3 Å². The Balaban J connectivity index is 1.80. The van der Waals surface area contributed by atoms with E-state index in [1.807, 2.05) is 0 Å². The molecule has 88 valence electrons. The first-order chi connectivity index (χ1) is 7.24. The molecule has 1 heterocycles. The fourth-order valence-electron chi connectivity index (χ4n) is 2.72. The maximum Gasteiger partial charge on any atom is 0.0584 e. The standard InChI is InChI=1S/C12H24N2O/c1-3-10(8-15)13-11-6-9(2)14(7-11)12-4-5-12/h9-13,15H,3-8H2,1-2H3/t9?,10-,11?/m0/s1. The highest BCUT2D eigenvalue weighted by Crippen LogP contribution is 2.33. The molecule has 2 unspecified atom stereocenters. The minimum atomic E-state index is 0.269. The number of nitrogens with one attached hydrogen (secondary N) is 1. The summed E-state index contributed by atoms with van der Waals surface area (Å²) in [5.74, 6) is 0. The Labute approximate surface area is 92.8 Å². The van der Waals surface area contributed by atoms with E-state index in [4.69, 9.17) is 5.11 Å². The first-order valence-corrected chi connectivity index (χ1v) is 6.37. The molecule has 1 saturated carbocycles. The number of hydrogen-bond acceptors (Lipinski definition) is 3. The number of aliphatic hydroxyl groups excluding tert-OH is 1. The van der Waals surface area contributed by atoms with Crippen molar-refractivity contribution in [1.29, 1.82) is 0 Å². The molecule has 0 aromatic heterocycles. The molecule has 1 saturated heterocycles. The van der Waals surface area contributed by atoms with Crippen LogP contribution in [0.5, 0.6) is 0 Å². The Morgan fingerprint density at radius 2 is 2.20 bits per heavy atom. The number of nitrogens with zero attached hydrogens (tertiary/aromatic N) is 1. The first-order valence-electron chi connectivity index (χ1n) is 6.37. The average molecular weight is 212 g/mol. The number of likely N-dealkylation sites (tertiary alicyclic amines) is 1. The van der Waals surface area contributed by atoms with Crippen molar-refractivity contribution in [3.8, 4) is 0 Å². The van der Waals surface area contributed by atoms with Crippen LogP contribution in [0.2, 0.25) is 0 Å². The van der Waals surface area contributed by atoms with Crippen LogP contribution in [-0.2, 0) is 0 Å². The van der Waals surface area contributed by atoms with Gasteiger partial charge in [-0.25, -0.2) is 0 Å². The van der Waals surface area contributed by atoms with Crippen molar-refractivity contribution in [2.45, 2.75) is 63.7 Å². The molecule has 3 atom stereocenters. The third-order valence-electron chi connectivity index (χ3n) is 3.82. The molecule has 0 spiro atoms. The van der Waals surface area contributed by atoms with E-state index in [0.29, 0.717) is 12.1 Å². The summed E-state index contributed by atoms with van der Waals surface area (Å²) in [5, 5.41) is 12.7. The van der Waals surface area contributed by atoms with Crippen LogP contribution in [0, 0.1) is 0 Å². The molecule has 3 heteroatoms. The second kappa shape index (κ2) is 4.81. The van der Waals surface area contributed by atoms with Gasteiger partial charge in [-0.1, -0.05) is 6.92 Å². The Morgan fingerprint density at radius 3 is 2.73 bits per heavy atom. The molecule has 2 fully saturated rings. The third kappa shape index (κ3) is 2.71. The molecular formula is C12H24N2O. The molecule has 0 amide bonds. The van der Waals surface area contributed by atoms with Gasteiger partial charge < -0.3 is 10.4 Å². The lowest BCUT2D eigenvalue weighted by molar-refractivity contribution is 0.222. The van der Waals surface area contributed by atoms with E-state index >= 15 is 0 Å². The molecule has 0 aromatic carbocycles. The van der Waals surface area contributed by atoms with Gasteiger partial charge in [-0.2, -0.15) is 0 Å². The van der Waals surface area contributed by atoms with Crippen LogP contribution in [0.25, 0.3) is 0 Å². The van der Waals surface area contributed by atoms with Gasteiger partial charge in [0.1, 0.15) is 0 Å². The SMILES string of the molecule is CC[C@@H](CO)NC1CC(C)N(C2CC2)C1. The fraction of sp³-hybridized carbons (Fsp3) is 1.00. The van der Waals surface area contributed by atoms with Crippen molar-refractivity contribution in [2.24, 2.45) is 0 Å². The maximum atomic E-state index is 9.16. The summed E-state index contributed by atoms with van der Waals surface area (Å²) in [6.45, 7) is 5.91. The van der Waals surface area contributed by atoms with E-state index in [1.54, 1.807) is 0 Å². The number of aliphatic hydroxyl groups is 1. The van der Waals surface area contributed by atoms with E-state index < -0.39 is 0 Å². The molecule has 0 bridgehead atoms. The van der Waals surface area contributed by atoms with Gasteiger partial charge in [-0.15, -0.1) is 0 Å². The van der Waals surface area contributed by atoms with Gasteiger partial charge in [0.15, 0.2) is 0 Å². The molecule has 2 rings (SSSR count). The van der Waals surface area contributed by atoms with E-state index in [2.05, 4.69) is 24.1 Å². The largest absolute Gasteiger partial charge is 0.395 e. The highest BCUT2D eigenvalue weighted by molar-refractivity contribution is 4.96. The molecule has 1 aliphatic heterocycles. The lowest BCUT2D eigenvalue weighted by Crippen LogP contribution is -2.41. The van der Waals surface area contributed by atoms with Crippen LogP contribution in [0.15, 0.2) is 0 Å². The molecule has 1 aliphatic carbocycles. The second-order valence-electron chi connectivity index (χ2n) is 5.16. The molecule has 0 radical (unpaired) electrons. The monoisotopic (exact) mass is 212 g/mol. The summed E-state index contributed by atoms with van der Waals surface area (Å²) < 4.78 is 0. The van der Waals surface area contributed by atoms with Crippen LogP contribution in [0.3, 0.4) is 0 Å². The summed E-state index contributed by atoms with van der Waals surface area (Å²) in [6.07, 6.45) is 5.06. The summed E-state index contributed by atoms with van der Waals surface area (Å²) in [5.41, 5.74) is 0. The van der Waals surface area contributed by atoms with E-state index in [9.17, 15) is 0 Å². The predicted molar refractivity (Wildman–Crippen MR) is 61.9 cm³/mol. The number of rotatable bonds is 5. The Kier molecular flexibility index (Phi) is 3.65. The van der Waals surface area contributed by atoms with Crippen LogP contribution in [0.4, 0.5) is 0 Å². The Hall–Kier alpha value is -0.120. The lowest BCUT2D eigenvalue weighted by atomic mass is 10.1. The molecule has 2 aliphatic rings. The second-order valence-corrected chi connectivity index (χ2v) is 5.16. The van der Waals surface area contributed by atoms with Crippen molar-refractivity contribution in [2.75, 3.05) is 13.2 Å². The third-order valence-corrected chi connectivity index (χ3v) is 3.82. The summed E-state index contributed by atoms with van der Waals surface area (Å²) >= 11 is 0. The van der Waals surface area contributed by atoms with Crippen molar-refractivity contribution in [3.05, 3.63) is 0 Å². The van der Waals surface area contributed by atoms with E-state index in [-0.39, 0.29) is 6.61 Å². The average Bonchev–Trinajstić information content (AvgIpc) is 3.00. The van der Waals surface area contributed by atoms with Gasteiger partial charge in [-0.05, 0) is 32.6 Å². The summed E-state index contributed by atoms with van der Waals surface area (Å²) in [4.78, 5) is 2.64. The Morgan fingerprint density at radius 1 is 1.47 bits per heavy atom. The highest BCUT2D eigenvalue weighted by Gasteiger charge is 2.38. The van der Waals surface area contributed by atoms with Crippen molar-refractivity contribution in [1.82, 2.24) is 10.2 Å². The molecule has 2 N–H and O–H groups in total. The van der Waals surface area contributed by atoms with Gasteiger partial charge in [0.05, 0.1) is 6.61 Å². The van der Waals surface area contributed by atoms with Crippen LogP contribution in [0.1, 0.15) is 39.5 Å². The van der Waals surface area contributed by atoms with Crippen molar-refractivity contribution >= 4 is 0 Å². The van der Waals surface area contributed by atoms with E-state index in [0.717, 1.165) is 18.5 Å². The molecule has 3 nitrogen and oxygen atoms in total. The summed E-state index contributed by atoms with van der Waals surface area (Å²) in [7, 11) is 0. The lowest BCUT2D eigenvalue weighted by Gasteiger charge is -2.21. The Bertz CT molecular complexity index is 200. The minimum absolute atomic E-state index is 0.269. The highest BCUT2D eigenvalue weighted by atomic mass is 16.3. The van der Waals surface area contributed by atoms with Gasteiger partial charge in [0.2, 0.25) is 0 Å².